The van der Waals surface area contributed by atoms with E-state index in [9.17, 15) is 14.9 Å². The smallest absolute Gasteiger partial charge is 0.238 e. The van der Waals surface area contributed by atoms with Crippen molar-refractivity contribution < 1.29 is 14.5 Å². The number of ether oxygens (including phenoxy) is 1. The summed E-state index contributed by atoms with van der Waals surface area (Å²) in [7, 11) is 0. The van der Waals surface area contributed by atoms with Gasteiger partial charge in [0.25, 0.3) is 0 Å². The standard InChI is InChI=1S/C22H26N4O4/c27-22(21-18-14-16(26(28)29)10-11-19(18)24-25-21)23-12-13-30-20-9-5-4-8-17(20)15-6-2-1-3-7-15/h1-9,16,18-19,21,24-25H,10-14H2,(H,23,27). The molecule has 2 aromatic carbocycles. The second kappa shape index (κ2) is 9.23. The molecule has 4 unspecified atom stereocenters. The Bertz CT molecular complexity index is 892. The summed E-state index contributed by atoms with van der Waals surface area (Å²) in [5.41, 5.74) is 8.22. The van der Waals surface area contributed by atoms with Gasteiger partial charge in [0, 0.05) is 35.3 Å². The molecule has 4 atom stereocenters. The fourth-order valence-corrected chi connectivity index (χ4v) is 4.38. The van der Waals surface area contributed by atoms with Crippen molar-refractivity contribution in [2.24, 2.45) is 5.92 Å². The summed E-state index contributed by atoms with van der Waals surface area (Å²) in [6.45, 7) is 0.692. The number of fused-ring (bicyclic) bond motifs is 1. The van der Waals surface area contributed by atoms with Gasteiger partial charge < -0.3 is 10.1 Å². The summed E-state index contributed by atoms with van der Waals surface area (Å²) in [6.07, 6.45) is 1.66. The van der Waals surface area contributed by atoms with Crippen LogP contribution in [0, 0.1) is 16.0 Å². The third-order valence-corrected chi connectivity index (χ3v) is 5.94. The van der Waals surface area contributed by atoms with E-state index in [1.807, 2.05) is 54.6 Å². The number of hydrogen-bond donors (Lipinski definition) is 3. The average molecular weight is 410 g/mol. The monoisotopic (exact) mass is 410 g/mol. The van der Waals surface area contributed by atoms with Crippen LogP contribution >= 0.6 is 0 Å². The van der Waals surface area contributed by atoms with Crippen LogP contribution in [0.3, 0.4) is 0 Å². The first-order valence-corrected chi connectivity index (χ1v) is 10.3. The number of hydrazine groups is 1. The second-order valence-corrected chi connectivity index (χ2v) is 7.79. The van der Waals surface area contributed by atoms with Gasteiger partial charge in [-0.15, -0.1) is 0 Å². The maximum absolute atomic E-state index is 12.6. The molecule has 0 aromatic heterocycles. The molecule has 0 radical (unpaired) electrons. The van der Waals surface area contributed by atoms with Crippen molar-refractivity contribution in [2.75, 3.05) is 13.2 Å². The van der Waals surface area contributed by atoms with Gasteiger partial charge in [0.05, 0.1) is 6.54 Å². The van der Waals surface area contributed by atoms with Crippen molar-refractivity contribution in [3.63, 3.8) is 0 Å². The van der Waals surface area contributed by atoms with E-state index in [1.54, 1.807) is 0 Å². The van der Waals surface area contributed by atoms with Crippen molar-refractivity contribution in [1.82, 2.24) is 16.2 Å². The van der Waals surface area contributed by atoms with E-state index in [-0.39, 0.29) is 22.8 Å². The number of amides is 1. The topological polar surface area (TPSA) is 106 Å². The molecule has 3 N–H and O–H groups in total. The van der Waals surface area contributed by atoms with Crippen molar-refractivity contribution in [1.29, 1.82) is 0 Å². The molecule has 1 saturated heterocycles. The largest absolute Gasteiger partial charge is 0.491 e. The molecule has 2 aliphatic rings. The molecule has 0 bridgehead atoms. The molecular formula is C22H26N4O4. The first-order chi connectivity index (χ1) is 14.6. The number of para-hydroxylation sites is 1. The Hall–Kier alpha value is -2.97. The Balaban J connectivity index is 1.29. The molecule has 1 aliphatic heterocycles. The maximum Gasteiger partial charge on any atom is 0.238 e. The van der Waals surface area contributed by atoms with E-state index in [2.05, 4.69) is 16.2 Å². The van der Waals surface area contributed by atoms with Crippen LogP contribution in [-0.2, 0) is 4.79 Å². The van der Waals surface area contributed by atoms with Crippen LogP contribution in [0.15, 0.2) is 54.6 Å². The highest BCUT2D eigenvalue weighted by Crippen LogP contribution is 2.32. The molecule has 1 saturated carbocycles. The summed E-state index contributed by atoms with van der Waals surface area (Å²) < 4.78 is 5.92. The van der Waals surface area contributed by atoms with Gasteiger partial charge in [-0.05, 0) is 18.1 Å². The van der Waals surface area contributed by atoms with Gasteiger partial charge in [-0.1, -0.05) is 48.5 Å². The van der Waals surface area contributed by atoms with Gasteiger partial charge in [-0.2, -0.15) is 0 Å². The molecule has 2 fully saturated rings. The van der Waals surface area contributed by atoms with Crippen LogP contribution in [0.4, 0.5) is 0 Å². The van der Waals surface area contributed by atoms with Crippen LogP contribution in [-0.4, -0.2) is 42.1 Å². The van der Waals surface area contributed by atoms with Crippen LogP contribution in [0.25, 0.3) is 11.1 Å². The number of nitrogens with zero attached hydrogens (tertiary/aromatic N) is 1. The lowest BCUT2D eigenvalue weighted by atomic mass is 9.79. The number of hydrogen-bond acceptors (Lipinski definition) is 6. The Morgan fingerprint density at radius 3 is 2.67 bits per heavy atom. The summed E-state index contributed by atoms with van der Waals surface area (Å²) >= 11 is 0. The third kappa shape index (κ3) is 4.44. The Morgan fingerprint density at radius 1 is 1.10 bits per heavy atom. The minimum absolute atomic E-state index is 0.0751. The summed E-state index contributed by atoms with van der Waals surface area (Å²) in [4.78, 5) is 23.6. The molecule has 2 aromatic rings. The number of nitrogens with one attached hydrogen (secondary N) is 3. The van der Waals surface area contributed by atoms with E-state index in [0.717, 1.165) is 16.9 Å². The average Bonchev–Trinajstić information content (AvgIpc) is 3.21. The van der Waals surface area contributed by atoms with E-state index in [4.69, 9.17) is 4.74 Å². The molecule has 0 spiro atoms. The summed E-state index contributed by atoms with van der Waals surface area (Å²) in [5.74, 6) is 0.535. The second-order valence-electron chi connectivity index (χ2n) is 7.79. The minimum Gasteiger partial charge on any atom is -0.491 e. The normalized spacial score (nSPS) is 25.3. The fraction of sp³-hybridized carbons (Fsp3) is 0.409. The van der Waals surface area contributed by atoms with Crippen LogP contribution in [0.2, 0.25) is 0 Å². The number of benzene rings is 2. The number of carbonyl (C=O) groups excluding carboxylic acids is 1. The Labute approximate surface area is 175 Å². The first-order valence-electron chi connectivity index (χ1n) is 10.3. The SMILES string of the molecule is O=C(NCCOc1ccccc1-c1ccccc1)C1NNC2CCC([N+](=O)[O-])CC21. The van der Waals surface area contributed by atoms with E-state index >= 15 is 0 Å². The number of nitro groups is 1. The van der Waals surface area contributed by atoms with E-state index < -0.39 is 12.1 Å². The maximum atomic E-state index is 12.6. The minimum atomic E-state index is -0.568. The molecule has 158 valence electrons. The summed E-state index contributed by atoms with van der Waals surface area (Å²) in [5, 5.41) is 14.0. The highest BCUT2D eigenvalue weighted by atomic mass is 16.6. The van der Waals surface area contributed by atoms with Gasteiger partial charge in [-0.3, -0.25) is 20.3 Å². The molecule has 8 heteroatoms. The predicted molar refractivity (Wildman–Crippen MR) is 112 cm³/mol. The van der Waals surface area contributed by atoms with Gasteiger partial charge in [0.1, 0.15) is 18.4 Å². The quantitative estimate of drug-likeness (QED) is 0.367. The van der Waals surface area contributed by atoms with E-state index in [0.29, 0.717) is 32.4 Å². The lowest BCUT2D eigenvalue weighted by Crippen LogP contribution is -2.47. The molecule has 1 aliphatic carbocycles. The summed E-state index contributed by atoms with van der Waals surface area (Å²) in [6, 6.07) is 16.9. The first kappa shape index (κ1) is 20.3. The highest BCUT2D eigenvalue weighted by Gasteiger charge is 2.46. The highest BCUT2D eigenvalue weighted by molar-refractivity contribution is 5.82. The van der Waals surface area contributed by atoms with Crippen LogP contribution in [0.1, 0.15) is 19.3 Å². The van der Waals surface area contributed by atoms with Gasteiger partial charge in [-0.25, -0.2) is 5.43 Å². The Kier molecular flexibility index (Phi) is 6.25. The molecule has 30 heavy (non-hydrogen) atoms. The predicted octanol–water partition coefficient (Wildman–Crippen LogP) is 2.14. The van der Waals surface area contributed by atoms with Crippen LogP contribution < -0.4 is 20.9 Å². The van der Waals surface area contributed by atoms with Crippen molar-refractivity contribution in [2.45, 2.75) is 37.4 Å². The molecular weight excluding hydrogens is 384 g/mol. The zero-order valence-electron chi connectivity index (χ0n) is 16.6. The van der Waals surface area contributed by atoms with Crippen LogP contribution in [0.5, 0.6) is 5.75 Å². The number of rotatable bonds is 7. The van der Waals surface area contributed by atoms with Gasteiger partial charge in [0.2, 0.25) is 11.9 Å². The third-order valence-electron chi connectivity index (χ3n) is 5.94. The fourth-order valence-electron chi connectivity index (χ4n) is 4.38. The van der Waals surface area contributed by atoms with Gasteiger partial charge >= 0.3 is 0 Å². The molecule has 8 nitrogen and oxygen atoms in total. The zero-order chi connectivity index (χ0) is 20.9. The molecule has 1 heterocycles. The molecule has 1 amide bonds. The lowest BCUT2D eigenvalue weighted by molar-refractivity contribution is -0.528. The molecule has 4 rings (SSSR count). The lowest BCUT2D eigenvalue weighted by Gasteiger charge is -2.28. The van der Waals surface area contributed by atoms with Crippen molar-refractivity contribution in [3.8, 4) is 16.9 Å². The van der Waals surface area contributed by atoms with Crippen molar-refractivity contribution >= 4 is 5.91 Å². The van der Waals surface area contributed by atoms with Crippen molar-refractivity contribution in [3.05, 3.63) is 64.7 Å². The van der Waals surface area contributed by atoms with E-state index in [1.165, 1.54) is 0 Å². The Morgan fingerprint density at radius 2 is 1.87 bits per heavy atom. The zero-order valence-corrected chi connectivity index (χ0v) is 16.6. The van der Waals surface area contributed by atoms with Gasteiger partial charge in [0.15, 0.2) is 0 Å². The number of carbonyl (C=O) groups is 1.